The molecule has 0 aliphatic carbocycles. The lowest BCUT2D eigenvalue weighted by molar-refractivity contribution is 0.0382. The molecule has 0 spiro atoms. The summed E-state index contributed by atoms with van der Waals surface area (Å²) in [5, 5.41) is 8.72. The van der Waals surface area contributed by atoms with E-state index in [0.29, 0.717) is 5.75 Å². The normalized spacial score (nSPS) is 24.8. The molecule has 0 radical (unpaired) electrons. The molecule has 2 aliphatic heterocycles. The number of nitrogens with two attached hydrogens (primary N) is 1. The number of rotatable bonds is 5. The largest absolute Gasteiger partial charge is 0.598 e. The van der Waals surface area contributed by atoms with Gasteiger partial charge in [0.25, 0.3) is 0 Å². The molecular formula is C12H19N3O2S. The average molecular weight is 269 g/mol. The summed E-state index contributed by atoms with van der Waals surface area (Å²) < 4.78 is 17.0. The number of hydrogen-bond acceptors (Lipinski definition) is 5. The van der Waals surface area contributed by atoms with Crippen molar-refractivity contribution in [2.75, 3.05) is 5.75 Å². The Balaban J connectivity index is 2.06. The van der Waals surface area contributed by atoms with Crippen LogP contribution in [0.25, 0.3) is 0 Å². The second-order valence-corrected chi connectivity index (χ2v) is 5.66. The highest BCUT2D eigenvalue weighted by Crippen LogP contribution is 2.21. The zero-order valence-corrected chi connectivity index (χ0v) is 11.4. The Labute approximate surface area is 111 Å². The lowest BCUT2D eigenvalue weighted by Gasteiger charge is -2.23. The fourth-order valence-electron chi connectivity index (χ4n) is 1.98. The van der Waals surface area contributed by atoms with Crippen molar-refractivity contribution in [2.24, 2.45) is 5.14 Å². The molecule has 2 rings (SSSR count). The molecule has 6 heteroatoms. The Morgan fingerprint density at radius 3 is 2.94 bits per heavy atom. The molecule has 0 aromatic rings. The van der Waals surface area contributed by atoms with Gasteiger partial charge < -0.3 is 19.5 Å². The summed E-state index contributed by atoms with van der Waals surface area (Å²) in [6, 6.07) is 0. The summed E-state index contributed by atoms with van der Waals surface area (Å²) in [7, 11) is 0. The smallest absolute Gasteiger partial charge is 0.157 e. The van der Waals surface area contributed by atoms with Gasteiger partial charge in [0.2, 0.25) is 0 Å². The van der Waals surface area contributed by atoms with E-state index in [1.807, 2.05) is 43.3 Å². The summed E-state index contributed by atoms with van der Waals surface area (Å²) in [5.41, 5.74) is 0.920. The minimum atomic E-state index is -1.38. The molecule has 18 heavy (non-hydrogen) atoms. The lowest BCUT2D eigenvalue weighted by atomic mass is 10.3. The molecule has 0 aromatic carbocycles. The molecular weight excluding hydrogens is 250 g/mol. The van der Waals surface area contributed by atoms with Crippen molar-refractivity contribution >= 4 is 11.4 Å². The quantitative estimate of drug-likeness (QED) is 0.713. The number of ether oxygens (including phenoxy) is 1. The molecule has 0 saturated carbocycles. The number of nitrogens with zero attached hydrogens (tertiary/aromatic N) is 1. The monoisotopic (exact) mass is 269 g/mol. The SMILES string of the molecule is CC(C)OC(C[S+](N)[O-])C1=CN2C=CC=CC2N1. The van der Waals surface area contributed by atoms with Crippen LogP contribution in [-0.4, -0.2) is 33.6 Å². The first-order chi connectivity index (χ1) is 8.56. The summed E-state index contributed by atoms with van der Waals surface area (Å²) in [6.07, 6.45) is 9.89. The summed E-state index contributed by atoms with van der Waals surface area (Å²) in [4.78, 5) is 2.05. The molecule has 3 N–H and O–H groups in total. The standard InChI is InChI=1S/C12H19N3O2S/c1-9(2)17-11(8-18(13)16)10-7-15-6-4-3-5-12(15)14-10/h3-7,9,11-12,14H,8,13H2,1-2H3. The van der Waals surface area contributed by atoms with Crippen molar-refractivity contribution in [2.45, 2.75) is 32.2 Å². The number of hydrogen-bond donors (Lipinski definition) is 2. The van der Waals surface area contributed by atoms with Crippen LogP contribution in [0.1, 0.15) is 13.8 Å². The van der Waals surface area contributed by atoms with E-state index >= 15 is 0 Å². The van der Waals surface area contributed by atoms with Crippen LogP contribution < -0.4 is 10.5 Å². The molecule has 0 fully saturated rings. The molecule has 100 valence electrons. The van der Waals surface area contributed by atoms with Gasteiger partial charge in [-0.05, 0) is 26.0 Å². The van der Waals surface area contributed by atoms with Crippen molar-refractivity contribution in [1.29, 1.82) is 0 Å². The molecule has 3 atom stereocenters. The van der Waals surface area contributed by atoms with Gasteiger partial charge >= 0.3 is 0 Å². The highest BCUT2D eigenvalue weighted by Gasteiger charge is 2.29. The Morgan fingerprint density at radius 1 is 1.56 bits per heavy atom. The molecule has 2 aliphatic rings. The predicted octanol–water partition coefficient (Wildman–Crippen LogP) is 0.559. The van der Waals surface area contributed by atoms with Gasteiger partial charge in [0, 0.05) is 23.8 Å². The van der Waals surface area contributed by atoms with E-state index in [2.05, 4.69) is 11.4 Å². The topological polar surface area (TPSA) is 73.6 Å². The fraction of sp³-hybridized carbons (Fsp3) is 0.500. The van der Waals surface area contributed by atoms with Crippen molar-refractivity contribution in [1.82, 2.24) is 10.2 Å². The average Bonchev–Trinajstić information content (AvgIpc) is 2.70. The first kappa shape index (κ1) is 13.5. The van der Waals surface area contributed by atoms with Crippen LogP contribution in [-0.2, 0) is 16.1 Å². The van der Waals surface area contributed by atoms with Gasteiger partial charge in [-0.2, -0.15) is 5.14 Å². The summed E-state index contributed by atoms with van der Waals surface area (Å²) in [6.45, 7) is 3.91. The van der Waals surface area contributed by atoms with Crippen molar-refractivity contribution in [3.8, 4) is 0 Å². The van der Waals surface area contributed by atoms with E-state index in [1.165, 1.54) is 0 Å². The first-order valence-electron chi connectivity index (χ1n) is 5.95. The Morgan fingerprint density at radius 2 is 2.33 bits per heavy atom. The number of nitrogens with one attached hydrogen (secondary N) is 1. The van der Waals surface area contributed by atoms with Crippen LogP contribution in [0.3, 0.4) is 0 Å². The van der Waals surface area contributed by atoms with Crippen molar-refractivity contribution in [3.63, 3.8) is 0 Å². The number of allylic oxidation sites excluding steroid dienone is 2. The van der Waals surface area contributed by atoms with Crippen LogP contribution >= 0.6 is 0 Å². The third-order valence-electron chi connectivity index (χ3n) is 2.69. The highest BCUT2D eigenvalue weighted by atomic mass is 32.2. The zero-order valence-electron chi connectivity index (χ0n) is 10.6. The van der Waals surface area contributed by atoms with E-state index in [-0.39, 0.29) is 18.4 Å². The second-order valence-electron chi connectivity index (χ2n) is 4.57. The minimum Gasteiger partial charge on any atom is -0.598 e. The summed E-state index contributed by atoms with van der Waals surface area (Å²) in [5.74, 6) is 0.297. The maximum absolute atomic E-state index is 11.2. The van der Waals surface area contributed by atoms with Gasteiger partial charge in [0.15, 0.2) is 5.75 Å². The molecule has 0 bridgehead atoms. The molecule has 0 saturated heterocycles. The van der Waals surface area contributed by atoms with Gasteiger partial charge in [-0.3, -0.25) is 0 Å². The van der Waals surface area contributed by atoms with Crippen LogP contribution in [0.15, 0.2) is 36.3 Å². The minimum absolute atomic E-state index is 0.0602. The van der Waals surface area contributed by atoms with Gasteiger partial charge in [0.05, 0.1) is 11.8 Å². The van der Waals surface area contributed by atoms with Gasteiger partial charge in [-0.15, -0.1) is 0 Å². The molecule has 3 unspecified atom stereocenters. The highest BCUT2D eigenvalue weighted by molar-refractivity contribution is 7.89. The molecule has 0 aromatic heterocycles. The third kappa shape index (κ3) is 3.29. The Kier molecular flexibility index (Phi) is 4.34. The Hall–Kier alpha value is -0.950. The van der Waals surface area contributed by atoms with E-state index in [0.717, 1.165) is 5.70 Å². The first-order valence-corrected chi connectivity index (χ1v) is 7.33. The Bertz CT molecular complexity index is 370. The van der Waals surface area contributed by atoms with Gasteiger partial charge in [0.1, 0.15) is 12.3 Å². The maximum Gasteiger partial charge on any atom is 0.157 e. The van der Waals surface area contributed by atoms with Crippen LogP contribution in [0.5, 0.6) is 0 Å². The van der Waals surface area contributed by atoms with Gasteiger partial charge in [-0.25, -0.2) is 0 Å². The van der Waals surface area contributed by atoms with E-state index in [4.69, 9.17) is 9.88 Å². The third-order valence-corrected chi connectivity index (χ3v) is 3.32. The lowest BCUT2D eigenvalue weighted by Crippen LogP contribution is -2.38. The summed E-state index contributed by atoms with van der Waals surface area (Å²) >= 11 is -1.38. The van der Waals surface area contributed by atoms with Crippen LogP contribution in [0.2, 0.25) is 0 Å². The molecule has 0 amide bonds. The zero-order chi connectivity index (χ0) is 13.1. The van der Waals surface area contributed by atoms with Crippen LogP contribution in [0.4, 0.5) is 0 Å². The number of fused-ring (bicyclic) bond motifs is 1. The maximum atomic E-state index is 11.2. The molecule has 5 nitrogen and oxygen atoms in total. The van der Waals surface area contributed by atoms with Crippen molar-refractivity contribution in [3.05, 3.63) is 36.3 Å². The van der Waals surface area contributed by atoms with Crippen molar-refractivity contribution < 1.29 is 9.29 Å². The van der Waals surface area contributed by atoms with E-state index < -0.39 is 11.4 Å². The van der Waals surface area contributed by atoms with Gasteiger partial charge in [-0.1, -0.05) is 6.08 Å². The van der Waals surface area contributed by atoms with E-state index in [1.54, 1.807) is 0 Å². The van der Waals surface area contributed by atoms with Crippen LogP contribution in [0, 0.1) is 0 Å². The fourth-order valence-corrected chi connectivity index (χ4v) is 2.54. The predicted molar refractivity (Wildman–Crippen MR) is 72.3 cm³/mol. The van der Waals surface area contributed by atoms with E-state index in [9.17, 15) is 4.55 Å². The molecule has 2 heterocycles. The second kappa shape index (κ2) is 5.79.